The van der Waals surface area contributed by atoms with Gasteiger partial charge in [0.25, 0.3) is 0 Å². The van der Waals surface area contributed by atoms with Crippen LogP contribution in [0.4, 0.5) is 0 Å². The number of rotatable bonds is 5. The second-order valence-electron chi connectivity index (χ2n) is 5.74. The molecule has 0 bridgehead atoms. The Hall–Kier alpha value is -1.05. The van der Waals surface area contributed by atoms with Gasteiger partial charge >= 0.3 is 0 Å². The van der Waals surface area contributed by atoms with E-state index in [0.29, 0.717) is 0 Å². The zero-order valence-corrected chi connectivity index (χ0v) is 12.0. The Kier molecular flexibility index (Phi) is 4.62. The summed E-state index contributed by atoms with van der Waals surface area (Å²) >= 11 is 0. The average molecular weight is 248 g/mol. The number of aromatic nitrogens is 1. The number of pyridine rings is 1. The fraction of sp³-hybridized carbons (Fsp3) is 0.688. The lowest BCUT2D eigenvalue weighted by Gasteiger charge is -2.08. The third-order valence-corrected chi connectivity index (χ3v) is 3.97. The lowest BCUT2D eigenvalue weighted by molar-refractivity contribution is -0.899. The Morgan fingerprint density at radius 3 is 2.33 bits per heavy atom. The minimum absolute atomic E-state index is 0.839. The van der Waals surface area contributed by atoms with Gasteiger partial charge in [-0.3, -0.25) is 4.84 Å². The summed E-state index contributed by atoms with van der Waals surface area (Å²) in [6.45, 7) is 7.18. The van der Waals surface area contributed by atoms with Crippen LogP contribution < -0.4 is 9.57 Å². The van der Waals surface area contributed by atoms with Gasteiger partial charge in [-0.2, -0.15) is 0 Å². The predicted octanol–water partition coefficient (Wildman–Crippen LogP) is 3.30. The Balaban J connectivity index is 1.79. The van der Waals surface area contributed by atoms with Crippen molar-refractivity contribution in [2.45, 2.75) is 59.3 Å². The van der Waals surface area contributed by atoms with Crippen molar-refractivity contribution >= 4 is 0 Å². The van der Waals surface area contributed by atoms with Crippen molar-refractivity contribution in [3.05, 3.63) is 29.1 Å². The molecule has 18 heavy (non-hydrogen) atoms. The molecule has 100 valence electrons. The molecule has 0 amide bonds. The first-order chi connectivity index (χ1) is 8.66. The molecule has 0 atom stereocenters. The molecular formula is C16H26NO+. The highest BCUT2D eigenvalue weighted by atomic mass is 16.7. The summed E-state index contributed by atoms with van der Waals surface area (Å²) in [7, 11) is 0. The molecule has 1 aliphatic rings. The summed E-state index contributed by atoms with van der Waals surface area (Å²) in [6, 6.07) is 4.34. The fourth-order valence-corrected chi connectivity index (χ4v) is 3.13. The second kappa shape index (κ2) is 6.21. The minimum atomic E-state index is 0.839. The molecule has 2 rings (SSSR count). The zero-order chi connectivity index (χ0) is 13.0. The van der Waals surface area contributed by atoms with Gasteiger partial charge in [-0.25, -0.2) is 0 Å². The second-order valence-corrected chi connectivity index (χ2v) is 5.74. The molecule has 1 aromatic heterocycles. The van der Waals surface area contributed by atoms with Crippen LogP contribution in [0.2, 0.25) is 0 Å². The van der Waals surface area contributed by atoms with E-state index >= 15 is 0 Å². The minimum Gasteiger partial charge on any atom is -0.271 e. The van der Waals surface area contributed by atoms with Crippen LogP contribution in [0.5, 0.6) is 0 Å². The van der Waals surface area contributed by atoms with Gasteiger partial charge in [0.15, 0.2) is 6.61 Å². The van der Waals surface area contributed by atoms with Crippen LogP contribution >= 0.6 is 0 Å². The molecule has 0 saturated heterocycles. The third-order valence-electron chi connectivity index (χ3n) is 3.97. The Morgan fingerprint density at radius 2 is 1.72 bits per heavy atom. The van der Waals surface area contributed by atoms with Crippen molar-refractivity contribution in [1.82, 2.24) is 0 Å². The van der Waals surface area contributed by atoms with E-state index < -0.39 is 0 Å². The summed E-state index contributed by atoms with van der Waals surface area (Å²) in [5, 5.41) is 0. The first-order valence-electron chi connectivity index (χ1n) is 7.30. The molecule has 2 nitrogen and oxygen atoms in total. The van der Waals surface area contributed by atoms with Gasteiger partial charge in [-0.1, -0.05) is 25.7 Å². The first kappa shape index (κ1) is 13.4. The van der Waals surface area contributed by atoms with E-state index in [4.69, 9.17) is 4.84 Å². The summed E-state index contributed by atoms with van der Waals surface area (Å²) in [4.78, 5) is 5.90. The van der Waals surface area contributed by atoms with Gasteiger partial charge in [0.1, 0.15) is 0 Å². The molecule has 2 heteroatoms. The van der Waals surface area contributed by atoms with Gasteiger partial charge in [0, 0.05) is 30.7 Å². The van der Waals surface area contributed by atoms with Gasteiger partial charge in [0.2, 0.25) is 11.4 Å². The fourth-order valence-electron chi connectivity index (χ4n) is 3.13. The summed E-state index contributed by atoms with van der Waals surface area (Å²) in [5.41, 5.74) is 3.68. The number of hydrogen-bond acceptors (Lipinski definition) is 1. The molecule has 0 aromatic carbocycles. The van der Waals surface area contributed by atoms with E-state index in [-0.39, 0.29) is 0 Å². The highest BCUT2D eigenvalue weighted by Crippen LogP contribution is 2.28. The molecule has 1 heterocycles. The van der Waals surface area contributed by atoms with Gasteiger partial charge in [-0.05, 0) is 31.2 Å². The van der Waals surface area contributed by atoms with Crippen molar-refractivity contribution in [1.29, 1.82) is 0 Å². The largest absolute Gasteiger partial charge is 0.271 e. The van der Waals surface area contributed by atoms with Crippen molar-refractivity contribution in [3.8, 4) is 0 Å². The number of hydrogen-bond donors (Lipinski definition) is 0. The highest BCUT2D eigenvalue weighted by Gasteiger charge is 2.16. The van der Waals surface area contributed by atoms with Crippen molar-refractivity contribution in [2.24, 2.45) is 5.92 Å². The smallest absolute Gasteiger partial charge is 0.231 e. The van der Waals surface area contributed by atoms with E-state index in [0.717, 1.165) is 12.5 Å². The number of aryl methyl sites for hydroxylation is 3. The highest BCUT2D eigenvalue weighted by molar-refractivity contribution is 5.13. The maximum absolute atomic E-state index is 5.90. The zero-order valence-electron chi connectivity index (χ0n) is 12.0. The average Bonchev–Trinajstić information content (AvgIpc) is 2.79. The van der Waals surface area contributed by atoms with Gasteiger partial charge in [0.05, 0.1) is 0 Å². The van der Waals surface area contributed by atoms with Crippen LogP contribution in [0.15, 0.2) is 12.1 Å². The lowest BCUT2D eigenvalue weighted by Crippen LogP contribution is -2.48. The van der Waals surface area contributed by atoms with Crippen LogP contribution in [-0.2, 0) is 0 Å². The van der Waals surface area contributed by atoms with Crippen molar-refractivity contribution in [3.63, 3.8) is 0 Å². The monoisotopic (exact) mass is 248 g/mol. The van der Waals surface area contributed by atoms with Gasteiger partial charge < -0.3 is 0 Å². The van der Waals surface area contributed by atoms with E-state index in [2.05, 4.69) is 32.9 Å². The van der Waals surface area contributed by atoms with Crippen LogP contribution in [0.1, 0.15) is 55.5 Å². The normalized spacial score (nSPS) is 16.2. The molecule has 1 fully saturated rings. The summed E-state index contributed by atoms with van der Waals surface area (Å²) < 4.78 is 1.97. The van der Waals surface area contributed by atoms with E-state index in [1.165, 1.54) is 55.5 Å². The van der Waals surface area contributed by atoms with Crippen molar-refractivity contribution < 1.29 is 9.57 Å². The van der Waals surface area contributed by atoms with Crippen LogP contribution in [0.3, 0.4) is 0 Å². The van der Waals surface area contributed by atoms with E-state index in [1.54, 1.807) is 0 Å². The Labute approximate surface area is 111 Å². The number of nitrogens with zero attached hydrogens (tertiary/aromatic N) is 1. The summed E-state index contributed by atoms with van der Waals surface area (Å²) in [5.74, 6) is 0.971. The molecule has 0 aliphatic heterocycles. The first-order valence-corrected chi connectivity index (χ1v) is 7.30. The van der Waals surface area contributed by atoms with E-state index in [9.17, 15) is 0 Å². The molecular weight excluding hydrogens is 222 g/mol. The quantitative estimate of drug-likeness (QED) is 0.575. The molecule has 0 N–H and O–H groups in total. The maximum atomic E-state index is 5.90. The predicted molar refractivity (Wildman–Crippen MR) is 73.5 cm³/mol. The Bertz CT molecular complexity index is 371. The van der Waals surface area contributed by atoms with Crippen LogP contribution in [0.25, 0.3) is 0 Å². The van der Waals surface area contributed by atoms with Crippen molar-refractivity contribution in [2.75, 3.05) is 6.61 Å². The molecule has 1 aliphatic carbocycles. The molecule has 1 aromatic rings. The standard InChI is InChI=1S/C16H26NO/c1-13-11-14(2)17(15(3)12-13)18-10-6-9-16-7-4-5-8-16/h11-12,16H,4-10H2,1-3H3/q+1. The topological polar surface area (TPSA) is 13.1 Å². The molecule has 0 unspecified atom stereocenters. The summed E-state index contributed by atoms with van der Waals surface area (Å²) in [6.07, 6.45) is 8.29. The maximum Gasteiger partial charge on any atom is 0.231 e. The SMILES string of the molecule is Cc1cc(C)[n+](OCCCC2CCCC2)c(C)c1. The molecule has 1 saturated carbocycles. The molecule has 0 radical (unpaired) electrons. The van der Waals surface area contributed by atoms with Crippen LogP contribution in [0, 0.1) is 26.7 Å². The Morgan fingerprint density at radius 1 is 1.11 bits per heavy atom. The third kappa shape index (κ3) is 3.47. The van der Waals surface area contributed by atoms with Crippen LogP contribution in [-0.4, -0.2) is 6.61 Å². The van der Waals surface area contributed by atoms with E-state index in [1.807, 2.05) is 4.73 Å². The van der Waals surface area contributed by atoms with Gasteiger partial charge in [-0.15, -0.1) is 0 Å². The molecule has 0 spiro atoms. The lowest BCUT2D eigenvalue weighted by atomic mass is 10.0.